The molecule has 4 aromatic rings. The van der Waals surface area contributed by atoms with Crippen molar-refractivity contribution in [2.24, 2.45) is 0 Å². The number of benzene rings is 1. The monoisotopic (exact) mass is 317 g/mol. The Bertz CT molecular complexity index is 1160. The number of carboxylic acid groups (broad SMARTS) is 1. The first-order valence-corrected chi connectivity index (χ1v) is 7.19. The Labute approximate surface area is 136 Å². The molecule has 7 nitrogen and oxygen atoms in total. The number of nitrogens with zero attached hydrogens (tertiary/aromatic N) is 5. The van der Waals surface area contributed by atoms with Crippen molar-refractivity contribution in [3.8, 4) is 11.8 Å². The van der Waals surface area contributed by atoms with Gasteiger partial charge in [0.05, 0.1) is 29.0 Å². The van der Waals surface area contributed by atoms with Crippen LogP contribution in [0.2, 0.25) is 0 Å². The van der Waals surface area contributed by atoms with Crippen LogP contribution < -0.4 is 0 Å². The third-order valence-electron chi connectivity index (χ3n) is 4.07. The summed E-state index contributed by atoms with van der Waals surface area (Å²) in [6.45, 7) is 1.71. The van der Waals surface area contributed by atoms with E-state index in [4.69, 9.17) is 0 Å². The number of nitriles is 1. The van der Waals surface area contributed by atoms with Crippen molar-refractivity contribution >= 4 is 22.4 Å². The fourth-order valence-corrected chi connectivity index (χ4v) is 2.93. The van der Waals surface area contributed by atoms with Gasteiger partial charge in [0.2, 0.25) is 0 Å². The zero-order valence-electron chi connectivity index (χ0n) is 12.6. The number of aromatic carboxylic acids is 1. The highest BCUT2D eigenvalue weighted by atomic mass is 16.4. The molecule has 1 aromatic carbocycles. The molecule has 0 bridgehead atoms. The molecule has 0 saturated carbocycles. The first-order chi connectivity index (χ1) is 11.6. The lowest BCUT2D eigenvalue weighted by atomic mass is 10.1. The van der Waals surface area contributed by atoms with Gasteiger partial charge in [-0.3, -0.25) is 0 Å². The van der Waals surface area contributed by atoms with Gasteiger partial charge in [0.25, 0.3) is 0 Å². The third-order valence-corrected chi connectivity index (χ3v) is 4.07. The Kier molecular flexibility index (Phi) is 2.87. The Morgan fingerprint density at radius 3 is 2.79 bits per heavy atom. The van der Waals surface area contributed by atoms with Gasteiger partial charge in [-0.1, -0.05) is 18.2 Å². The molecule has 1 N–H and O–H groups in total. The quantitative estimate of drug-likeness (QED) is 0.613. The van der Waals surface area contributed by atoms with Crippen molar-refractivity contribution in [2.45, 2.75) is 6.92 Å². The van der Waals surface area contributed by atoms with E-state index in [1.807, 2.05) is 24.3 Å². The average Bonchev–Trinajstić information content (AvgIpc) is 3.16. The molecule has 116 valence electrons. The summed E-state index contributed by atoms with van der Waals surface area (Å²) in [6, 6.07) is 9.75. The van der Waals surface area contributed by atoms with Gasteiger partial charge in [-0.2, -0.15) is 15.5 Å². The van der Waals surface area contributed by atoms with Gasteiger partial charge in [-0.05, 0) is 18.6 Å². The van der Waals surface area contributed by atoms with E-state index in [1.165, 1.54) is 16.9 Å². The van der Waals surface area contributed by atoms with E-state index < -0.39 is 5.97 Å². The van der Waals surface area contributed by atoms with Gasteiger partial charge in [-0.25, -0.2) is 14.0 Å². The highest BCUT2D eigenvalue weighted by molar-refractivity contribution is 5.94. The molecule has 3 aromatic heterocycles. The van der Waals surface area contributed by atoms with Crippen molar-refractivity contribution in [2.75, 3.05) is 0 Å². The molecule has 0 aliphatic carbocycles. The summed E-state index contributed by atoms with van der Waals surface area (Å²) in [5, 5.41) is 28.3. The second-order valence-corrected chi connectivity index (χ2v) is 5.40. The Hall–Kier alpha value is -3.66. The lowest BCUT2D eigenvalue weighted by Gasteiger charge is -2.09. The third kappa shape index (κ3) is 1.80. The van der Waals surface area contributed by atoms with E-state index >= 15 is 0 Å². The van der Waals surface area contributed by atoms with E-state index in [1.54, 1.807) is 17.8 Å². The van der Waals surface area contributed by atoms with Crippen molar-refractivity contribution in [1.82, 2.24) is 19.4 Å². The number of aryl methyl sites for hydroxylation is 1. The van der Waals surface area contributed by atoms with Crippen LogP contribution in [0.15, 0.2) is 42.9 Å². The molecular weight excluding hydrogens is 306 g/mol. The summed E-state index contributed by atoms with van der Waals surface area (Å²) >= 11 is 0. The standard InChI is InChI=1S/C17H11N5O2/c1-10-13(17(23)24)9-21-15(10)16(12(6-18)8-19-21)22-14-5-3-2-4-11(14)7-20-22/h2-5,7-9H,1H3,(H,23,24). The number of rotatable bonds is 2. The molecule has 0 unspecified atom stereocenters. The van der Waals surface area contributed by atoms with Crippen LogP contribution in [-0.4, -0.2) is 30.5 Å². The molecule has 0 amide bonds. The Balaban J connectivity index is 2.18. The molecule has 0 atom stereocenters. The summed E-state index contributed by atoms with van der Waals surface area (Å²) < 4.78 is 3.13. The van der Waals surface area contributed by atoms with Gasteiger partial charge in [0, 0.05) is 11.6 Å². The van der Waals surface area contributed by atoms with Crippen LogP contribution in [0.3, 0.4) is 0 Å². The lowest BCUT2D eigenvalue weighted by Crippen LogP contribution is -2.05. The molecule has 0 aliphatic rings. The molecule has 24 heavy (non-hydrogen) atoms. The zero-order chi connectivity index (χ0) is 16.8. The lowest BCUT2D eigenvalue weighted by molar-refractivity contribution is 0.0696. The van der Waals surface area contributed by atoms with Crippen LogP contribution in [0.4, 0.5) is 0 Å². The van der Waals surface area contributed by atoms with Crippen LogP contribution in [0.5, 0.6) is 0 Å². The molecule has 0 saturated heterocycles. The van der Waals surface area contributed by atoms with Gasteiger partial charge in [0.15, 0.2) is 0 Å². The van der Waals surface area contributed by atoms with Gasteiger partial charge >= 0.3 is 5.97 Å². The van der Waals surface area contributed by atoms with Crippen LogP contribution in [0.25, 0.3) is 22.1 Å². The maximum atomic E-state index is 11.4. The van der Waals surface area contributed by atoms with Crippen molar-refractivity contribution in [1.29, 1.82) is 5.26 Å². The van der Waals surface area contributed by atoms with Crippen LogP contribution in [0.1, 0.15) is 21.5 Å². The van der Waals surface area contributed by atoms with Crippen molar-refractivity contribution < 1.29 is 9.90 Å². The second-order valence-electron chi connectivity index (χ2n) is 5.40. The number of para-hydroxylation sites is 1. The normalized spacial score (nSPS) is 11.0. The molecule has 0 spiro atoms. The number of hydrogen-bond acceptors (Lipinski definition) is 4. The molecule has 0 radical (unpaired) electrons. The SMILES string of the molecule is Cc1c(C(=O)O)cn2ncc(C#N)c(-n3ncc4ccccc43)c12. The predicted octanol–water partition coefficient (Wildman–Crippen LogP) is 2.55. The fraction of sp³-hybridized carbons (Fsp3) is 0.0588. The highest BCUT2D eigenvalue weighted by Gasteiger charge is 2.21. The summed E-state index contributed by atoms with van der Waals surface area (Å²) in [6.07, 6.45) is 4.58. The number of hydrogen-bond donors (Lipinski definition) is 1. The fourth-order valence-electron chi connectivity index (χ4n) is 2.93. The van der Waals surface area contributed by atoms with Crippen molar-refractivity contribution in [3.05, 3.63) is 59.5 Å². The molecule has 0 aliphatic heterocycles. The average molecular weight is 317 g/mol. The zero-order valence-corrected chi connectivity index (χ0v) is 12.6. The van der Waals surface area contributed by atoms with E-state index in [9.17, 15) is 15.2 Å². The van der Waals surface area contributed by atoms with E-state index in [2.05, 4.69) is 16.3 Å². The summed E-state index contributed by atoms with van der Waals surface area (Å²) in [7, 11) is 0. The molecule has 0 fully saturated rings. The van der Waals surface area contributed by atoms with Gasteiger partial charge in [0.1, 0.15) is 17.3 Å². The minimum Gasteiger partial charge on any atom is -0.478 e. The first kappa shape index (κ1) is 14.0. The minimum atomic E-state index is -1.03. The predicted molar refractivity (Wildman–Crippen MR) is 86.2 cm³/mol. The molecular formula is C17H11N5O2. The largest absolute Gasteiger partial charge is 0.478 e. The number of carbonyl (C=O) groups is 1. The van der Waals surface area contributed by atoms with Crippen LogP contribution >= 0.6 is 0 Å². The molecule has 4 rings (SSSR count). The van der Waals surface area contributed by atoms with E-state index in [-0.39, 0.29) is 5.56 Å². The highest BCUT2D eigenvalue weighted by Crippen LogP contribution is 2.28. The van der Waals surface area contributed by atoms with E-state index in [0.717, 1.165) is 10.9 Å². The minimum absolute atomic E-state index is 0.148. The number of carboxylic acids is 1. The Morgan fingerprint density at radius 2 is 2.04 bits per heavy atom. The maximum absolute atomic E-state index is 11.4. The van der Waals surface area contributed by atoms with E-state index in [0.29, 0.717) is 22.3 Å². The molecule has 3 heterocycles. The topological polar surface area (TPSA) is 96.2 Å². The second kappa shape index (κ2) is 4.93. The first-order valence-electron chi connectivity index (χ1n) is 7.19. The van der Waals surface area contributed by atoms with Crippen LogP contribution in [0, 0.1) is 18.3 Å². The molecule has 7 heteroatoms. The number of fused-ring (bicyclic) bond motifs is 2. The maximum Gasteiger partial charge on any atom is 0.337 e. The van der Waals surface area contributed by atoms with Gasteiger partial charge < -0.3 is 5.11 Å². The summed E-state index contributed by atoms with van der Waals surface area (Å²) in [4.78, 5) is 11.4. The number of aromatic nitrogens is 4. The summed E-state index contributed by atoms with van der Waals surface area (Å²) in [5.74, 6) is -1.03. The van der Waals surface area contributed by atoms with Crippen molar-refractivity contribution in [3.63, 3.8) is 0 Å². The smallest absolute Gasteiger partial charge is 0.337 e. The van der Waals surface area contributed by atoms with Gasteiger partial charge in [-0.15, -0.1) is 0 Å². The Morgan fingerprint density at radius 1 is 1.25 bits per heavy atom. The van der Waals surface area contributed by atoms with Crippen LogP contribution in [-0.2, 0) is 0 Å². The summed E-state index contributed by atoms with van der Waals surface area (Å²) in [5.41, 5.74) is 2.94.